The van der Waals surface area contributed by atoms with E-state index in [1.807, 2.05) is 0 Å². The molecule has 38 heavy (non-hydrogen) atoms. The summed E-state index contributed by atoms with van der Waals surface area (Å²) in [7, 11) is 1.36. The Bertz CT molecular complexity index is 1370. The highest BCUT2D eigenvalue weighted by Gasteiger charge is 2.44. The van der Waals surface area contributed by atoms with Crippen molar-refractivity contribution in [3.05, 3.63) is 52.4 Å². The molecule has 1 aliphatic rings. The van der Waals surface area contributed by atoms with Crippen LogP contribution >= 0.6 is 0 Å². The molecule has 4 rings (SSSR count). The monoisotopic (exact) mass is 534 g/mol. The van der Waals surface area contributed by atoms with Crippen molar-refractivity contribution in [2.24, 2.45) is 0 Å². The Hall–Kier alpha value is -3.88. The summed E-state index contributed by atoms with van der Waals surface area (Å²) in [6.45, 7) is -0.667. The number of aliphatic carboxylic acids is 1. The van der Waals surface area contributed by atoms with Gasteiger partial charge < -0.3 is 54.0 Å². The second-order valence-corrected chi connectivity index (χ2v) is 8.54. The summed E-state index contributed by atoms with van der Waals surface area (Å²) in [6, 6.07) is 8.31. The highest BCUT2D eigenvalue weighted by molar-refractivity contribution is 5.81. The van der Waals surface area contributed by atoms with Crippen LogP contribution in [0.4, 0.5) is 0 Å². The zero-order valence-corrected chi connectivity index (χ0v) is 20.0. The van der Waals surface area contributed by atoms with E-state index in [4.69, 9.17) is 28.5 Å². The normalized spacial score (nSPS) is 23.2. The van der Waals surface area contributed by atoms with E-state index in [0.29, 0.717) is 10.9 Å². The average Bonchev–Trinajstić information content (AvgIpc) is 2.88. The topological polar surface area (TPSA) is 206 Å². The van der Waals surface area contributed by atoms with Gasteiger partial charge in [0.05, 0.1) is 13.7 Å². The minimum absolute atomic E-state index is 0.00449. The van der Waals surface area contributed by atoms with Crippen LogP contribution in [0.2, 0.25) is 0 Å². The molecule has 3 aromatic rings. The molecule has 1 fully saturated rings. The summed E-state index contributed by atoms with van der Waals surface area (Å²) < 4.78 is 27.1. The fraction of sp³-hybridized carbons (Fsp3) is 0.360. The number of ether oxygens (including phenoxy) is 4. The van der Waals surface area contributed by atoms with Crippen LogP contribution in [0.1, 0.15) is 12.0 Å². The molecule has 13 heteroatoms. The van der Waals surface area contributed by atoms with E-state index in [-0.39, 0.29) is 47.2 Å². The SMILES string of the molecule is COc1cc2cc(Oc3ccc(CCC(=O)O)c(OC4OC(CO)C(O)C(O)C4O)c3)c(=O)oc2cc1O. The Morgan fingerprint density at radius 2 is 1.74 bits per heavy atom. The summed E-state index contributed by atoms with van der Waals surface area (Å²) in [5, 5.41) is 59.2. The van der Waals surface area contributed by atoms with Crippen molar-refractivity contribution in [2.45, 2.75) is 43.5 Å². The Kier molecular flexibility index (Phi) is 8.04. The van der Waals surface area contributed by atoms with Gasteiger partial charge in [-0.25, -0.2) is 4.79 Å². The van der Waals surface area contributed by atoms with Crippen molar-refractivity contribution >= 4 is 16.9 Å². The first-order valence-electron chi connectivity index (χ1n) is 11.5. The summed E-state index contributed by atoms with van der Waals surface area (Å²) >= 11 is 0. The van der Waals surface area contributed by atoms with Crippen LogP contribution in [0, 0.1) is 0 Å². The number of phenols is 1. The maximum atomic E-state index is 12.5. The Morgan fingerprint density at radius 3 is 2.42 bits per heavy atom. The van der Waals surface area contributed by atoms with Crippen molar-refractivity contribution in [1.82, 2.24) is 0 Å². The van der Waals surface area contributed by atoms with Crippen molar-refractivity contribution in [2.75, 3.05) is 13.7 Å². The van der Waals surface area contributed by atoms with Gasteiger partial charge in [0.2, 0.25) is 12.0 Å². The number of aromatic hydroxyl groups is 1. The van der Waals surface area contributed by atoms with Crippen molar-refractivity contribution in [3.63, 3.8) is 0 Å². The molecule has 2 heterocycles. The molecule has 0 spiro atoms. The Balaban J connectivity index is 1.66. The zero-order valence-electron chi connectivity index (χ0n) is 20.0. The standard InChI is InChI=1S/C25H26O13/c1-34-17-6-12-7-18(24(33)36-16(12)9-14(17)27)35-13-4-2-11(3-5-20(28)29)15(8-13)37-25-23(32)22(31)21(30)19(10-26)38-25/h2,4,6-9,19,21-23,25-27,30-32H,3,5,10H2,1H3,(H,28,29). The third-order valence-corrected chi connectivity index (χ3v) is 5.97. The molecule has 0 aliphatic carbocycles. The first-order valence-corrected chi connectivity index (χ1v) is 11.5. The second-order valence-electron chi connectivity index (χ2n) is 8.54. The molecule has 2 aromatic carbocycles. The fourth-order valence-electron chi connectivity index (χ4n) is 3.92. The van der Waals surface area contributed by atoms with E-state index in [0.717, 1.165) is 0 Å². The molecule has 5 atom stereocenters. The molecule has 13 nitrogen and oxygen atoms in total. The lowest BCUT2D eigenvalue weighted by Crippen LogP contribution is -2.60. The number of benzene rings is 2. The molecule has 1 aromatic heterocycles. The first-order chi connectivity index (χ1) is 18.1. The van der Waals surface area contributed by atoms with E-state index in [9.17, 15) is 35.1 Å². The maximum Gasteiger partial charge on any atom is 0.379 e. The smallest absolute Gasteiger partial charge is 0.379 e. The number of hydrogen-bond donors (Lipinski definition) is 6. The van der Waals surface area contributed by atoms with Crippen LogP contribution in [0.3, 0.4) is 0 Å². The van der Waals surface area contributed by atoms with Gasteiger partial charge >= 0.3 is 11.6 Å². The van der Waals surface area contributed by atoms with E-state index >= 15 is 0 Å². The predicted octanol–water partition coefficient (Wildman–Crippen LogP) is 0.495. The Labute approximate surface area is 214 Å². The number of aryl methyl sites for hydroxylation is 1. The summed E-state index contributed by atoms with van der Waals surface area (Å²) in [5.74, 6) is -1.29. The quantitative estimate of drug-likeness (QED) is 0.207. The van der Waals surface area contributed by atoms with Crippen molar-refractivity contribution in [3.8, 4) is 28.7 Å². The van der Waals surface area contributed by atoms with Crippen LogP contribution in [0.5, 0.6) is 28.7 Å². The van der Waals surface area contributed by atoms with Gasteiger partial charge in [-0.05, 0) is 30.2 Å². The third kappa shape index (κ3) is 5.66. The lowest BCUT2D eigenvalue weighted by molar-refractivity contribution is -0.277. The largest absolute Gasteiger partial charge is 0.504 e. The third-order valence-electron chi connectivity index (χ3n) is 5.97. The van der Waals surface area contributed by atoms with Gasteiger partial charge in [0.25, 0.3) is 0 Å². The van der Waals surface area contributed by atoms with Gasteiger partial charge in [0.15, 0.2) is 11.5 Å². The maximum absolute atomic E-state index is 12.5. The van der Waals surface area contributed by atoms with Gasteiger partial charge in [0, 0.05) is 23.9 Å². The van der Waals surface area contributed by atoms with Crippen LogP contribution in [-0.2, 0) is 16.0 Å². The molecule has 0 saturated carbocycles. The molecule has 0 amide bonds. The van der Waals surface area contributed by atoms with Gasteiger partial charge in [-0.3, -0.25) is 4.79 Å². The van der Waals surface area contributed by atoms with Crippen LogP contribution in [-0.4, -0.2) is 81.0 Å². The molecule has 1 aliphatic heterocycles. The number of methoxy groups -OCH3 is 1. The molecular weight excluding hydrogens is 508 g/mol. The van der Waals surface area contributed by atoms with Crippen molar-refractivity contribution in [1.29, 1.82) is 0 Å². The summed E-state index contributed by atoms with van der Waals surface area (Å²) in [4.78, 5) is 23.6. The van der Waals surface area contributed by atoms with Gasteiger partial charge in [-0.1, -0.05) is 6.07 Å². The second kappa shape index (κ2) is 11.2. The number of phenolic OH excluding ortho intramolecular Hbond substituents is 1. The van der Waals surface area contributed by atoms with Crippen LogP contribution < -0.4 is 19.8 Å². The van der Waals surface area contributed by atoms with Gasteiger partial charge in [-0.15, -0.1) is 0 Å². The first kappa shape index (κ1) is 27.2. The number of carbonyl (C=O) groups is 1. The van der Waals surface area contributed by atoms with Gasteiger partial charge in [-0.2, -0.15) is 0 Å². The molecule has 6 N–H and O–H groups in total. The zero-order chi connectivity index (χ0) is 27.6. The van der Waals surface area contributed by atoms with E-state index in [2.05, 4.69) is 0 Å². The summed E-state index contributed by atoms with van der Waals surface area (Å²) in [6.07, 6.45) is -7.98. The number of aliphatic hydroxyl groups is 4. The minimum atomic E-state index is -1.70. The number of fused-ring (bicyclic) bond motifs is 1. The number of carboxylic acids is 1. The van der Waals surface area contributed by atoms with E-state index in [1.54, 1.807) is 0 Å². The molecule has 1 saturated heterocycles. The fourth-order valence-corrected chi connectivity index (χ4v) is 3.92. The highest BCUT2D eigenvalue weighted by Crippen LogP contribution is 2.34. The van der Waals surface area contributed by atoms with E-state index < -0.39 is 48.9 Å². The van der Waals surface area contributed by atoms with E-state index in [1.165, 1.54) is 43.5 Å². The Morgan fingerprint density at radius 1 is 1.00 bits per heavy atom. The highest BCUT2D eigenvalue weighted by atomic mass is 16.7. The lowest BCUT2D eigenvalue weighted by atomic mass is 9.99. The average molecular weight is 534 g/mol. The number of rotatable bonds is 9. The van der Waals surface area contributed by atoms with Crippen molar-refractivity contribution < 1.29 is 58.8 Å². The lowest BCUT2D eigenvalue weighted by Gasteiger charge is -2.39. The predicted molar refractivity (Wildman–Crippen MR) is 128 cm³/mol. The van der Waals surface area contributed by atoms with Crippen LogP contribution in [0.15, 0.2) is 45.6 Å². The molecule has 0 radical (unpaired) electrons. The molecule has 0 bridgehead atoms. The molecule has 204 valence electrons. The van der Waals surface area contributed by atoms with Crippen LogP contribution in [0.25, 0.3) is 11.0 Å². The number of aliphatic hydroxyl groups excluding tert-OH is 4. The molecular formula is C25H26O13. The molecule has 5 unspecified atom stereocenters. The minimum Gasteiger partial charge on any atom is -0.504 e. The number of hydrogen-bond acceptors (Lipinski definition) is 12. The summed E-state index contributed by atoms with van der Waals surface area (Å²) in [5.41, 5.74) is -0.382. The van der Waals surface area contributed by atoms with Gasteiger partial charge in [0.1, 0.15) is 41.5 Å². The number of carboxylic acid groups (broad SMARTS) is 1.